The molecule has 1 N–H and O–H groups in total. The third-order valence-corrected chi connectivity index (χ3v) is 3.38. The molecule has 1 rings (SSSR count). The Labute approximate surface area is 111 Å². The first-order valence-electron chi connectivity index (χ1n) is 5.70. The van der Waals surface area contributed by atoms with Crippen molar-refractivity contribution in [3.63, 3.8) is 0 Å². The minimum atomic E-state index is -0.299. The molecule has 0 atom stereocenters. The maximum atomic E-state index is 12.1. The van der Waals surface area contributed by atoms with Gasteiger partial charge in [-0.1, -0.05) is 17.8 Å². The summed E-state index contributed by atoms with van der Waals surface area (Å²) in [6.45, 7) is 5.97. The number of nitrogens with one attached hydrogen (secondary N) is 1. The first kappa shape index (κ1) is 14.4. The lowest BCUT2D eigenvalue weighted by molar-refractivity contribution is 0.0914. The third-order valence-electron chi connectivity index (χ3n) is 2.42. The van der Waals surface area contributed by atoms with Crippen molar-refractivity contribution in [1.29, 1.82) is 0 Å². The van der Waals surface area contributed by atoms with Gasteiger partial charge in [0.05, 0.1) is 5.69 Å². The van der Waals surface area contributed by atoms with Gasteiger partial charge in [-0.05, 0) is 38.2 Å². The Morgan fingerprint density at radius 2 is 2.24 bits per heavy atom. The maximum absolute atomic E-state index is 12.1. The van der Waals surface area contributed by atoms with Gasteiger partial charge in [-0.2, -0.15) is 0 Å². The summed E-state index contributed by atoms with van der Waals surface area (Å²) in [6, 6.07) is 0. The fourth-order valence-corrected chi connectivity index (χ4v) is 2.52. The molecule has 1 aromatic heterocycles. The summed E-state index contributed by atoms with van der Waals surface area (Å²) in [5.74, 6) is 0.425. The van der Waals surface area contributed by atoms with Crippen LogP contribution in [0.5, 0.6) is 0 Å². The van der Waals surface area contributed by atoms with Crippen molar-refractivity contribution in [3.05, 3.63) is 10.6 Å². The second-order valence-corrected chi connectivity index (χ2v) is 5.71. The molecule has 0 aliphatic carbocycles. The minimum Gasteiger partial charge on any atom is -0.346 e. The molecule has 1 heterocycles. The van der Waals surface area contributed by atoms with Crippen LogP contribution in [0.2, 0.25) is 0 Å². The standard InChI is InChI=1S/C11H18ClN3OS/c1-4-5-8-9(17-15-14-8)10(16)13-11(2,3)6-7-12/h4-7H2,1-3H3,(H,13,16). The highest BCUT2D eigenvalue weighted by molar-refractivity contribution is 7.08. The molecule has 96 valence electrons. The Bertz CT molecular complexity index is 379. The summed E-state index contributed by atoms with van der Waals surface area (Å²) >= 11 is 6.85. The molecule has 0 unspecified atom stereocenters. The van der Waals surface area contributed by atoms with Gasteiger partial charge in [0.15, 0.2) is 0 Å². The van der Waals surface area contributed by atoms with E-state index in [0.29, 0.717) is 10.8 Å². The lowest BCUT2D eigenvalue weighted by Gasteiger charge is -2.24. The van der Waals surface area contributed by atoms with Crippen LogP contribution >= 0.6 is 23.1 Å². The maximum Gasteiger partial charge on any atom is 0.265 e. The zero-order valence-electron chi connectivity index (χ0n) is 10.4. The van der Waals surface area contributed by atoms with E-state index in [1.54, 1.807) is 0 Å². The monoisotopic (exact) mass is 275 g/mol. The van der Waals surface area contributed by atoms with Gasteiger partial charge in [-0.3, -0.25) is 4.79 Å². The molecule has 1 aromatic rings. The van der Waals surface area contributed by atoms with Gasteiger partial charge in [0.2, 0.25) is 0 Å². The Morgan fingerprint density at radius 3 is 2.82 bits per heavy atom. The molecule has 0 fully saturated rings. The number of carbonyl (C=O) groups is 1. The van der Waals surface area contributed by atoms with E-state index in [2.05, 4.69) is 21.8 Å². The number of aromatic nitrogens is 2. The van der Waals surface area contributed by atoms with Crippen LogP contribution in [0.1, 0.15) is 49.0 Å². The van der Waals surface area contributed by atoms with Crippen LogP contribution < -0.4 is 5.32 Å². The predicted molar refractivity (Wildman–Crippen MR) is 70.8 cm³/mol. The highest BCUT2D eigenvalue weighted by Crippen LogP contribution is 2.16. The Morgan fingerprint density at radius 1 is 1.53 bits per heavy atom. The molecule has 6 heteroatoms. The van der Waals surface area contributed by atoms with Gasteiger partial charge in [0, 0.05) is 11.4 Å². The molecule has 1 amide bonds. The fourth-order valence-electron chi connectivity index (χ4n) is 1.44. The topological polar surface area (TPSA) is 54.9 Å². The van der Waals surface area contributed by atoms with Crippen molar-refractivity contribution in [2.24, 2.45) is 0 Å². The van der Waals surface area contributed by atoms with E-state index in [1.807, 2.05) is 13.8 Å². The fraction of sp³-hybridized carbons (Fsp3) is 0.727. The Balaban J connectivity index is 2.72. The number of carbonyl (C=O) groups excluding carboxylic acids is 1. The summed E-state index contributed by atoms with van der Waals surface area (Å²) in [4.78, 5) is 12.7. The van der Waals surface area contributed by atoms with E-state index in [1.165, 1.54) is 0 Å². The van der Waals surface area contributed by atoms with Crippen LogP contribution in [0.15, 0.2) is 0 Å². The van der Waals surface area contributed by atoms with E-state index in [9.17, 15) is 4.79 Å². The number of alkyl halides is 1. The van der Waals surface area contributed by atoms with Crippen molar-refractivity contribution in [1.82, 2.24) is 14.9 Å². The largest absolute Gasteiger partial charge is 0.346 e. The molecular weight excluding hydrogens is 258 g/mol. The Hall–Kier alpha value is -0.680. The molecule has 0 bridgehead atoms. The van der Waals surface area contributed by atoms with Crippen LogP contribution in [0.4, 0.5) is 0 Å². The van der Waals surface area contributed by atoms with Gasteiger partial charge in [0.1, 0.15) is 4.88 Å². The van der Waals surface area contributed by atoms with Gasteiger partial charge < -0.3 is 5.32 Å². The highest BCUT2D eigenvalue weighted by atomic mass is 35.5. The molecule has 0 saturated carbocycles. The van der Waals surface area contributed by atoms with Crippen LogP contribution in [-0.4, -0.2) is 26.9 Å². The molecule has 0 radical (unpaired) electrons. The smallest absolute Gasteiger partial charge is 0.265 e. The molecule has 4 nitrogen and oxygen atoms in total. The second kappa shape index (κ2) is 6.31. The van der Waals surface area contributed by atoms with Gasteiger partial charge >= 0.3 is 0 Å². The third kappa shape index (κ3) is 4.24. The van der Waals surface area contributed by atoms with E-state index in [4.69, 9.17) is 11.6 Å². The molecule has 0 aromatic carbocycles. The second-order valence-electron chi connectivity index (χ2n) is 4.58. The summed E-state index contributed by atoms with van der Waals surface area (Å²) < 4.78 is 3.84. The molecule has 17 heavy (non-hydrogen) atoms. The number of hydrogen-bond donors (Lipinski definition) is 1. The quantitative estimate of drug-likeness (QED) is 0.812. The zero-order valence-corrected chi connectivity index (χ0v) is 12.0. The first-order valence-corrected chi connectivity index (χ1v) is 7.00. The first-order chi connectivity index (χ1) is 8.00. The average molecular weight is 276 g/mol. The highest BCUT2D eigenvalue weighted by Gasteiger charge is 2.23. The van der Waals surface area contributed by atoms with Crippen molar-refractivity contribution >= 4 is 29.0 Å². The van der Waals surface area contributed by atoms with Crippen LogP contribution in [0, 0.1) is 0 Å². The van der Waals surface area contributed by atoms with E-state index < -0.39 is 0 Å². The van der Waals surface area contributed by atoms with Crippen molar-refractivity contribution in [2.45, 2.75) is 45.6 Å². The van der Waals surface area contributed by atoms with Gasteiger partial charge in [-0.15, -0.1) is 16.7 Å². The number of amides is 1. The van der Waals surface area contributed by atoms with Crippen LogP contribution in [0.3, 0.4) is 0 Å². The molecular formula is C11H18ClN3OS. The number of hydrogen-bond acceptors (Lipinski definition) is 4. The minimum absolute atomic E-state index is 0.0985. The number of nitrogens with zero attached hydrogens (tertiary/aromatic N) is 2. The van der Waals surface area contributed by atoms with E-state index in [-0.39, 0.29) is 11.4 Å². The number of rotatable bonds is 6. The van der Waals surface area contributed by atoms with Gasteiger partial charge in [-0.25, -0.2) is 0 Å². The lowest BCUT2D eigenvalue weighted by atomic mass is 10.0. The van der Waals surface area contributed by atoms with Crippen molar-refractivity contribution < 1.29 is 4.79 Å². The van der Waals surface area contributed by atoms with Gasteiger partial charge in [0.25, 0.3) is 5.91 Å². The number of halogens is 1. The summed E-state index contributed by atoms with van der Waals surface area (Å²) in [5.41, 5.74) is 0.489. The molecule has 0 saturated heterocycles. The van der Waals surface area contributed by atoms with E-state index in [0.717, 1.165) is 36.5 Å². The Kier molecular flexibility index (Phi) is 5.33. The van der Waals surface area contributed by atoms with Crippen molar-refractivity contribution in [2.75, 3.05) is 5.88 Å². The SMILES string of the molecule is CCCc1nnsc1C(=O)NC(C)(C)CCCl. The zero-order chi connectivity index (χ0) is 12.9. The summed E-state index contributed by atoms with van der Waals surface area (Å²) in [5, 5.41) is 6.95. The summed E-state index contributed by atoms with van der Waals surface area (Å²) in [6.07, 6.45) is 2.47. The predicted octanol–water partition coefficient (Wildman–Crippen LogP) is 2.63. The lowest BCUT2D eigenvalue weighted by Crippen LogP contribution is -2.43. The summed E-state index contributed by atoms with van der Waals surface area (Å²) in [7, 11) is 0. The average Bonchev–Trinajstić information content (AvgIpc) is 2.65. The normalized spacial score (nSPS) is 11.5. The van der Waals surface area contributed by atoms with Crippen LogP contribution in [-0.2, 0) is 6.42 Å². The van der Waals surface area contributed by atoms with Crippen molar-refractivity contribution in [3.8, 4) is 0 Å². The van der Waals surface area contributed by atoms with E-state index >= 15 is 0 Å². The number of aryl methyl sites for hydroxylation is 1. The van der Waals surface area contributed by atoms with Crippen LogP contribution in [0.25, 0.3) is 0 Å². The molecule has 0 aliphatic heterocycles. The molecule has 0 spiro atoms. The molecule has 0 aliphatic rings.